The van der Waals surface area contributed by atoms with Crippen molar-refractivity contribution < 1.29 is 5.11 Å². The van der Waals surface area contributed by atoms with Crippen molar-refractivity contribution in [3.63, 3.8) is 0 Å². The predicted octanol–water partition coefficient (Wildman–Crippen LogP) is 3.31. The zero-order valence-electron chi connectivity index (χ0n) is 10.1. The minimum absolute atomic E-state index is 0.142. The van der Waals surface area contributed by atoms with Crippen molar-refractivity contribution in [2.75, 3.05) is 0 Å². The molecule has 1 N–H and O–H groups in total. The lowest BCUT2D eigenvalue weighted by Gasteiger charge is -2.34. The molecule has 0 aliphatic heterocycles. The van der Waals surface area contributed by atoms with Crippen molar-refractivity contribution in [1.82, 2.24) is 0 Å². The summed E-state index contributed by atoms with van der Waals surface area (Å²) in [7, 11) is 0. The molecule has 15 heavy (non-hydrogen) atoms. The summed E-state index contributed by atoms with van der Waals surface area (Å²) >= 11 is 0. The largest absolute Gasteiger partial charge is 0.386 e. The van der Waals surface area contributed by atoms with Crippen LogP contribution in [0.3, 0.4) is 0 Å². The van der Waals surface area contributed by atoms with Crippen molar-refractivity contribution in [3.05, 3.63) is 24.3 Å². The van der Waals surface area contributed by atoms with Crippen LogP contribution in [0.1, 0.15) is 40.0 Å². The number of hydrogen-bond donors (Lipinski definition) is 1. The van der Waals surface area contributed by atoms with E-state index >= 15 is 0 Å². The van der Waals surface area contributed by atoms with Crippen molar-refractivity contribution in [3.8, 4) is 0 Å². The van der Waals surface area contributed by atoms with Gasteiger partial charge in [-0.15, -0.1) is 0 Å². The van der Waals surface area contributed by atoms with Gasteiger partial charge in [0.25, 0.3) is 0 Å². The SMILES string of the molecule is C=C1C2CCC(C2)C1(C)C=CC(C)(C)O. The van der Waals surface area contributed by atoms with Crippen LogP contribution in [-0.2, 0) is 0 Å². The summed E-state index contributed by atoms with van der Waals surface area (Å²) in [6.45, 7) is 10.2. The normalized spacial score (nSPS) is 40.7. The first-order valence-corrected chi connectivity index (χ1v) is 5.95. The predicted molar refractivity (Wildman–Crippen MR) is 63.5 cm³/mol. The van der Waals surface area contributed by atoms with E-state index in [0.717, 1.165) is 11.8 Å². The summed E-state index contributed by atoms with van der Waals surface area (Å²) in [6, 6.07) is 0. The highest BCUT2D eigenvalue weighted by Crippen LogP contribution is 2.59. The van der Waals surface area contributed by atoms with Gasteiger partial charge in [0.05, 0.1) is 5.60 Å². The summed E-state index contributed by atoms with van der Waals surface area (Å²) in [5.41, 5.74) is 0.827. The summed E-state index contributed by atoms with van der Waals surface area (Å²) in [4.78, 5) is 0. The molecule has 2 aliphatic rings. The molecule has 0 spiro atoms. The molecule has 2 rings (SSSR count). The average Bonchev–Trinajstić information content (AvgIpc) is 2.66. The van der Waals surface area contributed by atoms with E-state index in [9.17, 15) is 5.11 Å². The van der Waals surface area contributed by atoms with Gasteiger partial charge in [-0.25, -0.2) is 0 Å². The van der Waals surface area contributed by atoms with Crippen LogP contribution in [0.4, 0.5) is 0 Å². The molecule has 0 aromatic heterocycles. The summed E-state index contributed by atoms with van der Waals surface area (Å²) in [5, 5.41) is 9.73. The van der Waals surface area contributed by atoms with E-state index in [1.165, 1.54) is 24.8 Å². The molecule has 1 nitrogen and oxygen atoms in total. The Hall–Kier alpha value is -0.560. The third-order valence-corrected chi connectivity index (χ3v) is 4.30. The van der Waals surface area contributed by atoms with E-state index in [1.54, 1.807) is 0 Å². The monoisotopic (exact) mass is 206 g/mol. The molecular formula is C14H22O. The van der Waals surface area contributed by atoms with Crippen molar-refractivity contribution in [2.45, 2.75) is 45.6 Å². The number of aliphatic hydroxyl groups is 1. The van der Waals surface area contributed by atoms with Crippen LogP contribution in [0, 0.1) is 17.3 Å². The number of rotatable bonds is 2. The summed E-state index contributed by atoms with van der Waals surface area (Å²) < 4.78 is 0. The molecule has 0 amide bonds. The fourth-order valence-electron chi connectivity index (χ4n) is 3.16. The molecule has 2 fully saturated rings. The third-order valence-electron chi connectivity index (χ3n) is 4.30. The molecule has 0 radical (unpaired) electrons. The second-order valence-corrected chi connectivity index (χ2v) is 6.00. The molecular weight excluding hydrogens is 184 g/mol. The van der Waals surface area contributed by atoms with Crippen LogP contribution in [0.5, 0.6) is 0 Å². The zero-order valence-corrected chi connectivity index (χ0v) is 10.1. The smallest absolute Gasteiger partial charge is 0.0771 e. The van der Waals surface area contributed by atoms with Crippen molar-refractivity contribution >= 4 is 0 Å². The van der Waals surface area contributed by atoms with Gasteiger partial charge in [-0.2, -0.15) is 0 Å². The molecule has 2 aliphatic carbocycles. The highest BCUT2D eigenvalue weighted by Gasteiger charge is 2.49. The van der Waals surface area contributed by atoms with Crippen molar-refractivity contribution in [2.24, 2.45) is 17.3 Å². The molecule has 0 aromatic rings. The maximum absolute atomic E-state index is 9.73. The van der Waals surface area contributed by atoms with Gasteiger partial charge in [-0.1, -0.05) is 31.2 Å². The number of allylic oxidation sites excluding steroid dienone is 2. The Morgan fingerprint density at radius 1 is 1.47 bits per heavy atom. The van der Waals surface area contributed by atoms with Gasteiger partial charge >= 0.3 is 0 Å². The van der Waals surface area contributed by atoms with Crippen LogP contribution in [0.25, 0.3) is 0 Å². The first-order chi connectivity index (χ1) is 6.83. The molecule has 2 saturated carbocycles. The highest BCUT2D eigenvalue weighted by molar-refractivity contribution is 5.30. The topological polar surface area (TPSA) is 20.2 Å². The van der Waals surface area contributed by atoms with Gasteiger partial charge in [-0.05, 0) is 44.9 Å². The fourth-order valence-corrected chi connectivity index (χ4v) is 3.16. The Labute approximate surface area is 92.9 Å². The Morgan fingerprint density at radius 3 is 2.60 bits per heavy atom. The molecule has 0 heterocycles. The molecule has 84 valence electrons. The second-order valence-electron chi connectivity index (χ2n) is 6.00. The Balaban J connectivity index is 2.21. The van der Waals surface area contributed by atoms with Crippen LogP contribution in [0.15, 0.2) is 24.3 Å². The van der Waals surface area contributed by atoms with E-state index in [2.05, 4.69) is 19.6 Å². The second kappa shape index (κ2) is 3.21. The lowest BCUT2D eigenvalue weighted by molar-refractivity contribution is 0.131. The first-order valence-electron chi connectivity index (χ1n) is 5.95. The van der Waals surface area contributed by atoms with Gasteiger partial charge < -0.3 is 5.11 Å². The highest BCUT2D eigenvalue weighted by atomic mass is 16.3. The van der Waals surface area contributed by atoms with E-state index in [4.69, 9.17) is 0 Å². The molecule has 3 unspecified atom stereocenters. The quantitative estimate of drug-likeness (QED) is 0.687. The summed E-state index contributed by atoms with van der Waals surface area (Å²) in [5.74, 6) is 1.50. The molecule has 0 saturated heterocycles. The van der Waals surface area contributed by atoms with Gasteiger partial charge in [0.2, 0.25) is 0 Å². The summed E-state index contributed by atoms with van der Waals surface area (Å²) in [6.07, 6.45) is 8.09. The Morgan fingerprint density at radius 2 is 2.13 bits per heavy atom. The number of hydrogen-bond acceptors (Lipinski definition) is 1. The molecule has 0 aromatic carbocycles. The van der Waals surface area contributed by atoms with Crippen molar-refractivity contribution in [1.29, 1.82) is 0 Å². The van der Waals surface area contributed by atoms with Gasteiger partial charge in [0.1, 0.15) is 0 Å². The minimum Gasteiger partial charge on any atom is -0.386 e. The first kappa shape index (κ1) is 10.9. The standard InChI is InChI=1S/C14H22O/c1-10-11-5-6-12(9-11)14(10,4)8-7-13(2,3)15/h7-8,11-12,15H,1,5-6,9H2,2-4H3. The van der Waals surface area contributed by atoms with E-state index < -0.39 is 5.60 Å². The molecule has 2 bridgehead atoms. The number of fused-ring (bicyclic) bond motifs is 2. The van der Waals surface area contributed by atoms with Crippen LogP contribution < -0.4 is 0 Å². The van der Waals surface area contributed by atoms with E-state index in [0.29, 0.717) is 0 Å². The van der Waals surface area contributed by atoms with Crippen LogP contribution >= 0.6 is 0 Å². The Kier molecular flexibility index (Phi) is 2.34. The maximum atomic E-state index is 9.73. The van der Waals surface area contributed by atoms with Crippen LogP contribution in [-0.4, -0.2) is 10.7 Å². The van der Waals surface area contributed by atoms with Gasteiger partial charge in [-0.3, -0.25) is 0 Å². The zero-order chi connectivity index (χ0) is 11.3. The third kappa shape index (κ3) is 1.78. The lowest BCUT2D eigenvalue weighted by atomic mass is 9.71. The van der Waals surface area contributed by atoms with Gasteiger partial charge in [0.15, 0.2) is 0 Å². The van der Waals surface area contributed by atoms with Crippen LogP contribution in [0.2, 0.25) is 0 Å². The minimum atomic E-state index is -0.703. The van der Waals surface area contributed by atoms with Gasteiger partial charge in [0, 0.05) is 5.41 Å². The maximum Gasteiger partial charge on any atom is 0.0771 e. The van der Waals surface area contributed by atoms with E-state index in [-0.39, 0.29) is 5.41 Å². The Bertz CT molecular complexity index is 308. The molecule has 3 atom stereocenters. The molecule has 1 heteroatoms. The average molecular weight is 206 g/mol. The lowest BCUT2D eigenvalue weighted by Crippen LogP contribution is -2.25. The van der Waals surface area contributed by atoms with E-state index in [1.807, 2.05) is 19.9 Å². The fraction of sp³-hybridized carbons (Fsp3) is 0.714.